The second kappa shape index (κ2) is 11.1. The number of hydrogen-bond acceptors (Lipinski definition) is 5. The first-order valence-corrected chi connectivity index (χ1v) is 14.9. The third kappa shape index (κ3) is 4.59. The summed E-state index contributed by atoms with van der Waals surface area (Å²) in [4.78, 5) is 26.7. The number of ether oxygens (including phenoxy) is 2. The summed E-state index contributed by atoms with van der Waals surface area (Å²) in [5.74, 6) is -0.571. The molecule has 0 aromatic rings. The van der Waals surface area contributed by atoms with E-state index in [1.807, 2.05) is 6.08 Å². The van der Waals surface area contributed by atoms with Gasteiger partial charge >= 0.3 is 11.9 Å². The first-order chi connectivity index (χ1) is 15.9. The zero-order valence-electron chi connectivity index (χ0n) is 22.5. The van der Waals surface area contributed by atoms with Crippen molar-refractivity contribution in [2.24, 2.45) is 17.3 Å². The lowest BCUT2D eigenvalue weighted by atomic mass is 9.70. The first kappa shape index (κ1) is 28.2. The second-order valence-corrected chi connectivity index (χ2v) is 15.9. The molecule has 0 radical (unpaired) electrons. The molecule has 0 aromatic heterocycles. The summed E-state index contributed by atoms with van der Waals surface area (Å²) in [5, 5.41) is 0. The zero-order valence-corrected chi connectivity index (χ0v) is 23.5. The SMILES string of the molecule is C=C=CC1CCC2C(=C1O[Si](C(C)C)(C(C)C)C(C)C)C(=C)CC2(C(=O)OCC)C(=O)OCC. The van der Waals surface area contributed by atoms with Crippen molar-refractivity contribution < 1.29 is 23.5 Å². The number of esters is 2. The molecule has 34 heavy (non-hydrogen) atoms. The van der Waals surface area contributed by atoms with Crippen LogP contribution in [0.2, 0.25) is 16.6 Å². The van der Waals surface area contributed by atoms with Crippen molar-refractivity contribution in [3.8, 4) is 0 Å². The summed E-state index contributed by atoms with van der Waals surface area (Å²) >= 11 is 0. The van der Waals surface area contributed by atoms with Crippen LogP contribution >= 0.6 is 0 Å². The molecule has 2 aliphatic carbocycles. The van der Waals surface area contributed by atoms with Gasteiger partial charge < -0.3 is 13.9 Å². The van der Waals surface area contributed by atoms with E-state index in [0.717, 1.165) is 23.3 Å². The van der Waals surface area contributed by atoms with Gasteiger partial charge in [-0.2, -0.15) is 0 Å². The van der Waals surface area contributed by atoms with Gasteiger partial charge in [0, 0.05) is 11.8 Å². The van der Waals surface area contributed by atoms with Crippen LogP contribution in [0.5, 0.6) is 0 Å². The monoisotopic (exact) mass is 488 g/mol. The lowest BCUT2D eigenvalue weighted by Gasteiger charge is -2.46. The van der Waals surface area contributed by atoms with E-state index in [-0.39, 0.29) is 31.5 Å². The summed E-state index contributed by atoms with van der Waals surface area (Å²) < 4.78 is 18.1. The minimum atomic E-state index is -2.31. The van der Waals surface area contributed by atoms with E-state index >= 15 is 0 Å². The highest BCUT2D eigenvalue weighted by molar-refractivity contribution is 6.77. The van der Waals surface area contributed by atoms with Crippen LogP contribution in [0.15, 0.2) is 41.9 Å². The Balaban J connectivity index is 2.80. The van der Waals surface area contributed by atoms with E-state index < -0.39 is 25.7 Å². The molecule has 0 aromatic carbocycles. The highest BCUT2D eigenvalue weighted by Gasteiger charge is 2.63. The Hall–Kier alpha value is -2.04. The van der Waals surface area contributed by atoms with Gasteiger partial charge in [0.1, 0.15) is 0 Å². The molecule has 2 unspecified atom stereocenters. The largest absolute Gasteiger partial charge is 0.545 e. The fourth-order valence-electron chi connectivity index (χ4n) is 6.47. The second-order valence-electron chi connectivity index (χ2n) is 10.5. The minimum absolute atomic E-state index is 0.0104. The number of hydrogen-bond donors (Lipinski definition) is 0. The molecule has 0 bridgehead atoms. The molecule has 190 valence electrons. The van der Waals surface area contributed by atoms with Crippen LogP contribution in [0.1, 0.15) is 74.7 Å². The number of fused-ring (bicyclic) bond motifs is 1. The molecule has 1 saturated carbocycles. The Kier molecular flexibility index (Phi) is 9.23. The molecule has 6 heteroatoms. The van der Waals surface area contributed by atoms with Crippen LogP contribution in [-0.4, -0.2) is 33.5 Å². The average Bonchev–Trinajstić information content (AvgIpc) is 3.06. The molecule has 2 aliphatic rings. The predicted molar refractivity (Wildman–Crippen MR) is 139 cm³/mol. The van der Waals surface area contributed by atoms with Crippen molar-refractivity contribution in [2.75, 3.05) is 13.2 Å². The summed E-state index contributed by atoms with van der Waals surface area (Å²) in [7, 11) is -2.31. The van der Waals surface area contributed by atoms with E-state index in [4.69, 9.17) is 13.9 Å². The fraction of sp³-hybridized carbons (Fsp3) is 0.679. The van der Waals surface area contributed by atoms with Crippen LogP contribution < -0.4 is 0 Å². The van der Waals surface area contributed by atoms with Gasteiger partial charge in [0.05, 0.1) is 19.0 Å². The van der Waals surface area contributed by atoms with Gasteiger partial charge in [0.15, 0.2) is 5.41 Å². The molecule has 0 heterocycles. The van der Waals surface area contributed by atoms with Gasteiger partial charge in [-0.1, -0.05) is 54.7 Å². The van der Waals surface area contributed by atoms with Crippen molar-refractivity contribution in [1.82, 2.24) is 0 Å². The Bertz CT molecular complexity index is 835. The van der Waals surface area contributed by atoms with Crippen LogP contribution in [0.4, 0.5) is 0 Å². The van der Waals surface area contributed by atoms with Crippen molar-refractivity contribution in [3.63, 3.8) is 0 Å². The number of rotatable bonds is 10. The van der Waals surface area contributed by atoms with E-state index in [0.29, 0.717) is 23.0 Å². The maximum Gasteiger partial charge on any atom is 0.324 e. The Labute approximate surface area is 207 Å². The van der Waals surface area contributed by atoms with Gasteiger partial charge in [-0.05, 0) is 67.0 Å². The molecule has 0 saturated heterocycles. The molecular weight excluding hydrogens is 444 g/mol. The van der Waals surface area contributed by atoms with Crippen molar-refractivity contribution in [1.29, 1.82) is 0 Å². The standard InChI is InChI=1S/C28H44O5Si/c1-11-14-22-15-16-23-24(25(22)33-34(18(4)5,19(6)7)20(8)9)21(10)17-28(23,26(29)31-12-2)27(30)32-13-3/h14,18-20,22-23H,1,10,12-13,15-17H2,2-9H3. The van der Waals surface area contributed by atoms with Crippen molar-refractivity contribution in [2.45, 2.75) is 91.3 Å². The summed E-state index contributed by atoms with van der Waals surface area (Å²) in [6.45, 7) is 25.6. The summed E-state index contributed by atoms with van der Waals surface area (Å²) in [6.07, 6.45) is 3.53. The van der Waals surface area contributed by atoms with Crippen molar-refractivity contribution >= 4 is 20.3 Å². The van der Waals surface area contributed by atoms with Gasteiger partial charge in [-0.25, -0.2) is 0 Å². The smallest absolute Gasteiger partial charge is 0.324 e. The average molecular weight is 489 g/mol. The molecule has 0 spiro atoms. The van der Waals surface area contributed by atoms with Crippen LogP contribution in [0.3, 0.4) is 0 Å². The van der Waals surface area contributed by atoms with Crippen LogP contribution in [0.25, 0.3) is 0 Å². The van der Waals surface area contributed by atoms with Crippen LogP contribution in [0, 0.1) is 17.3 Å². The zero-order chi connectivity index (χ0) is 25.8. The normalized spacial score (nSPS) is 22.0. The van der Waals surface area contributed by atoms with E-state index in [2.05, 4.69) is 60.4 Å². The van der Waals surface area contributed by atoms with Gasteiger partial charge in [-0.3, -0.25) is 9.59 Å². The molecule has 0 N–H and O–H groups in total. The fourth-order valence-corrected chi connectivity index (χ4v) is 11.8. The van der Waals surface area contributed by atoms with E-state index in [1.54, 1.807) is 13.8 Å². The van der Waals surface area contributed by atoms with E-state index in [1.165, 1.54) is 0 Å². The molecule has 2 atom stereocenters. The molecule has 0 amide bonds. The summed E-state index contributed by atoms with van der Waals surface area (Å²) in [6, 6.07) is 0. The minimum Gasteiger partial charge on any atom is -0.545 e. The van der Waals surface area contributed by atoms with Gasteiger partial charge in [0.2, 0.25) is 0 Å². The van der Waals surface area contributed by atoms with Gasteiger partial charge in [-0.15, -0.1) is 5.73 Å². The topological polar surface area (TPSA) is 61.8 Å². The third-order valence-electron chi connectivity index (χ3n) is 7.78. The highest BCUT2D eigenvalue weighted by atomic mass is 28.4. The van der Waals surface area contributed by atoms with E-state index in [9.17, 15) is 9.59 Å². The first-order valence-electron chi connectivity index (χ1n) is 12.8. The highest BCUT2D eigenvalue weighted by Crippen LogP contribution is 2.59. The Morgan fingerprint density at radius 3 is 1.94 bits per heavy atom. The lowest BCUT2D eigenvalue weighted by Crippen LogP contribution is -2.49. The maximum atomic E-state index is 13.4. The van der Waals surface area contributed by atoms with Gasteiger partial charge in [0.25, 0.3) is 8.32 Å². The number of carbonyl (C=O) groups is 2. The Morgan fingerprint density at radius 1 is 1.03 bits per heavy atom. The molecule has 0 aliphatic heterocycles. The molecule has 5 nitrogen and oxygen atoms in total. The maximum absolute atomic E-state index is 13.4. The quantitative estimate of drug-likeness (QED) is 0.145. The predicted octanol–water partition coefficient (Wildman–Crippen LogP) is 6.87. The molecule has 1 fully saturated rings. The third-order valence-corrected chi connectivity index (χ3v) is 13.8. The lowest BCUT2D eigenvalue weighted by molar-refractivity contribution is -0.174. The van der Waals surface area contributed by atoms with Crippen molar-refractivity contribution in [3.05, 3.63) is 41.9 Å². The molecular formula is C28H44O5Si. The molecule has 2 rings (SSSR count). The van der Waals surface area contributed by atoms with Crippen LogP contribution in [-0.2, 0) is 23.5 Å². The number of carbonyl (C=O) groups excluding carboxylic acids is 2. The summed E-state index contributed by atoms with van der Waals surface area (Å²) in [5.41, 5.74) is 4.35. The number of allylic oxidation sites excluding steroid dienone is 3. The Morgan fingerprint density at radius 2 is 1.53 bits per heavy atom.